The molecular weight excluding hydrogens is 325 g/mol. The third-order valence-electron chi connectivity index (χ3n) is 4.13. The number of primary amides is 1. The summed E-state index contributed by atoms with van der Waals surface area (Å²) in [6.07, 6.45) is 1.67. The number of ether oxygens (including phenoxy) is 1. The molecule has 7 nitrogen and oxygen atoms in total. The fourth-order valence-corrected chi connectivity index (χ4v) is 2.88. The van der Waals surface area contributed by atoms with Gasteiger partial charge in [-0.2, -0.15) is 0 Å². The number of carbonyl (C=O) groups is 1. The van der Waals surface area contributed by atoms with E-state index in [2.05, 4.69) is 10.1 Å². The molecule has 8 heteroatoms. The molecule has 1 aromatic carbocycles. The minimum atomic E-state index is -0.585. The maximum atomic E-state index is 13.5. The Bertz CT molecular complexity index is 949. The largest absolute Gasteiger partial charge is 0.378 e. The monoisotopic (exact) mass is 341 g/mol. The van der Waals surface area contributed by atoms with Crippen LogP contribution in [-0.2, 0) is 4.74 Å². The number of benzene rings is 1. The van der Waals surface area contributed by atoms with E-state index >= 15 is 0 Å². The Labute approximate surface area is 142 Å². The summed E-state index contributed by atoms with van der Waals surface area (Å²) in [5, 5.41) is 4.53. The molecule has 0 aliphatic carbocycles. The molecule has 0 spiro atoms. The van der Waals surface area contributed by atoms with E-state index in [0.717, 1.165) is 0 Å². The van der Waals surface area contributed by atoms with Crippen molar-refractivity contribution in [1.82, 2.24) is 14.6 Å². The predicted molar refractivity (Wildman–Crippen MR) is 89.9 cm³/mol. The van der Waals surface area contributed by atoms with Gasteiger partial charge in [-0.3, -0.25) is 4.79 Å². The number of fused-ring (bicyclic) bond motifs is 1. The number of rotatable bonds is 3. The van der Waals surface area contributed by atoms with Crippen molar-refractivity contribution in [3.63, 3.8) is 0 Å². The minimum absolute atomic E-state index is 0.277. The van der Waals surface area contributed by atoms with Crippen molar-refractivity contribution in [1.29, 1.82) is 0 Å². The van der Waals surface area contributed by atoms with Gasteiger partial charge in [0.25, 0.3) is 5.91 Å². The Balaban J connectivity index is 1.84. The molecule has 1 saturated heterocycles. The molecule has 0 bridgehead atoms. The summed E-state index contributed by atoms with van der Waals surface area (Å²) in [7, 11) is 0. The first-order valence-electron chi connectivity index (χ1n) is 7.91. The fraction of sp³-hybridized carbons (Fsp3) is 0.235. The average Bonchev–Trinajstić information content (AvgIpc) is 3.05. The van der Waals surface area contributed by atoms with Crippen LogP contribution in [0.5, 0.6) is 0 Å². The van der Waals surface area contributed by atoms with E-state index in [4.69, 9.17) is 10.5 Å². The van der Waals surface area contributed by atoms with Crippen LogP contribution in [0.2, 0.25) is 0 Å². The molecule has 0 radical (unpaired) electrons. The lowest BCUT2D eigenvalue weighted by atomic mass is 10.2. The number of aromatic nitrogens is 3. The molecule has 3 aromatic rings. The third kappa shape index (κ3) is 2.91. The maximum Gasteiger partial charge on any atom is 0.252 e. The van der Waals surface area contributed by atoms with E-state index in [9.17, 15) is 9.18 Å². The number of anilines is 1. The zero-order chi connectivity index (χ0) is 17.4. The van der Waals surface area contributed by atoms with Crippen LogP contribution in [0.25, 0.3) is 16.9 Å². The Morgan fingerprint density at radius 2 is 2.04 bits per heavy atom. The highest BCUT2D eigenvalue weighted by molar-refractivity contribution is 5.99. The summed E-state index contributed by atoms with van der Waals surface area (Å²) < 4.78 is 20.3. The van der Waals surface area contributed by atoms with Gasteiger partial charge in [0.05, 0.1) is 30.7 Å². The summed E-state index contributed by atoms with van der Waals surface area (Å²) in [4.78, 5) is 18.3. The Morgan fingerprint density at radius 1 is 1.24 bits per heavy atom. The number of nitrogens with zero attached hydrogens (tertiary/aromatic N) is 4. The van der Waals surface area contributed by atoms with E-state index in [1.54, 1.807) is 24.4 Å². The molecule has 3 heterocycles. The Hall–Kier alpha value is -3.00. The second-order valence-corrected chi connectivity index (χ2v) is 5.78. The number of amides is 1. The molecule has 4 rings (SSSR count). The average molecular weight is 341 g/mol. The van der Waals surface area contributed by atoms with Crippen LogP contribution in [0.15, 0.2) is 36.5 Å². The smallest absolute Gasteiger partial charge is 0.252 e. The zero-order valence-electron chi connectivity index (χ0n) is 13.4. The van der Waals surface area contributed by atoms with Crippen molar-refractivity contribution in [3.8, 4) is 11.3 Å². The second kappa shape index (κ2) is 6.14. The fourth-order valence-electron chi connectivity index (χ4n) is 2.88. The standard InChI is InChI=1S/C17H16FN5O2/c18-12-3-1-2-11(8-12)14-10-23-17(20-14)13(16(19)24)9-15(21-23)22-4-6-25-7-5-22/h1-3,8-10H,4-7H2,(H2,19,24). The van der Waals surface area contributed by atoms with Crippen molar-refractivity contribution in [3.05, 3.63) is 47.9 Å². The molecule has 2 aromatic heterocycles. The van der Waals surface area contributed by atoms with Crippen molar-refractivity contribution in [2.45, 2.75) is 0 Å². The summed E-state index contributed by atoms with van der Waals surface area (Å²) in [5.41, 5.74) is 7.28. The summed E-state index contributed by atoms with van der Waals surface area (Å²) in [6.45, 7) is 2.57. The third-order valence-corrected chi connectivity index (χ3v) is 4.13. The second-order valence-electron chi connectivity index (χ2n) is 5.78. The number of hydrogen-bond acceptors (Lipinski definition) is 5. The first-order chi connectivity index (χ1) is 12.1. The lowest BCUT2D eigenvalue weighted by Crippen LogP contribution is -2.37. The lowest BCUT2D eigenvalue weighted by Gasteiger charge is -2.27. The molecule has 128 valence electrons. The lowest BCUT2D eigenvalue weighted by molar-refractivity contribution is 0.100. The summed E-state index contributed by atoms with van der Waals surface area (Å²) in [6, 6.07) is 7.75. The van der Waals surface area contributed by atoms with Crippen LogP contribution in [0.3, 0.4) is 0 Å². The van der Waals surface area contributed by atoms with E-state index in [1.807, 2.05) is 4.90 Å². The van der Waals surface area contributed by atoms with E-state index < -0.39 is 5.91 Å². The minimum Gasteiger partial charge on any atom is -0.378 e. The molecular formula is C17H16FN5O2. The number of carbonyl (C=O) groups excluding carboxylic acids is 1. The van der Waals surface area contributed by atoms with E-state index in [1.165, 1.54) is 16.6 Å². The van der Waals surface area contributed by atoms with Gasteiger partial charge in [-0.25, -0.2) is 13.9 Å². The van der Waals surface area contributed by atoms with E-state index in [0.29, 0.717) is 49.0 Å². The first-order valence-corrected chi connectivity index (χ1v) is 7.91. The van der Waals surface area contributed by atoms with Gasteiger partial charge in [0.1, 0.15) is 5.82 Å². The summed E-state index contributed by atoms with van der Waals surface area (Å²) >= 11 is 0. The molecule has 0 atom stereocenters. The Kier molecular flexibility index (Phi) is 3.81. The summed E-state index contributed by atoms with van der Waals surface area (Å²) in [5.74, 6) is -0.308. The van der Waals surface area contributed by atoms with Gasteiger partial charge in [-0.05, 0) is 18.2 Å². The van der Waals surface area contributed by atoms with Gasteiger partial charge < -0.3 is 15.4 Å². The highest BCUT2D eigenvalue weighted by Gasteiger charge is 2.19. The van der Waals surface area contributed by atoms with E-state index in [-0.39, 0.29) is 11.4 Å². The molecule has 2 N–H and O–H groups in total. The van der Waals surface area contributed by atoms with Gasteiger partial charge in [-0.1, -0.05) is 12.1 Å². The number of imidazole rings is 1. The van der Waals surface area contributed by atoms with Gasteiger partial charge in [-0.15, -0.1) is 5.10 Å². The maximum absolute atomic E-state index is 13.5. The van der Waals surface area contributed by atoms with Crippen LogP contribution < -0.4 is 10.6 Å². The van der Waals surface area contributed by atoms with Crippen LogP contribution in [-0.4, -0.2) is 46.8 Å². The van der Waals surface area contributed by atoms with Crippen molar-refractivity contribution in [2.24, 2.45) is 5.73 Å². The van der Waals surface area contributed by atoms with Gasteiger partial charge in [0.15, 0.2) is 11.5 Å². The molecule has 0 saturated carbocycles. The molecule has 1 amide bonds. The van der Waals surface area contributed by atoms with Gasteiger partial charge >= 0.3 is 0 Å². The number of morpholine rings is 1. The number of nitrogens with two attached hydrogens (primary N) is 1. The normalized spacial score (nSPS) is 14.8. The first kappa shape index (κ1) is 15.5. The molecule has 0 unspecified atom stereocenters. The SMILES string of the molecule is NC(=O)c1cc(N2CCOCC2)nn2cc(-c3cccc(F)c3)nc12. The number of halogens is 1. The number of hydrogen-bond donors (Lipinski definition) is 1. The van der Waals surface area contributed by atoms with Crippen LogP contribution >= 0.6 is 0 Å². The quantitative estimate of drug-likeness (QED) is 0.780. The van der Waals surface area contributed by atoms with Crippen molar-refractivity contribution < 1.29 is 13.9 Å². The van der Waals surface area contributed by atoms with Crippen molar-refractivity contribution in [2.75, 3.05) is 31.2 Å². The van der Waals surface area contributed by atoms with Crippen LogP contribution in [0.1, 0.15) is 10.4 Å². The predicted octanol–water partition coefficient (Wildman–Crippen LogP) is 1.47. The highest BCUT2D eigenvalue weighted by Crippen LogP contribution is 2.23. The van der Waals surface area contributed by atoms with Gasteiger partial charge in [0.2, 0.25) is 0 Å². The highest BCUT2D eigenvalue weighted by atomic mass is 19.1. The zero-order valence-corrected chi connectivity index (χ0v) is 13.4. The molecule has 1 aliphatic heterocycles. The molecule has 1 fully saturated rings. The Morgan fingerprint density at radius 3 is 2.76 bits per heavy atom. The van der Waals surface area contributed by atoms with Crippen molar-refractivity contribution >= 4 is 17.4 Å². The molecule has 25 heavy (non-hydrogen) atoms. The topological polar surface area (TPSA) is 85.8 Å². The van der Waals surface area contributed by atoms with Gasteiger partial charge in [0, 0.05) is 18.7 Å². The van der Waals surface area contributed by atoms with Crippen LogP contribution in [0.4, 0.5) is 10.2 Å². The molecule has 1 aliphatic rings. The van der Waals surface area contributed by atoms with Crippen LogP contribution in [0, 0.1) is 5.82 Å².